The normalized spacial score (nSPS) is 10.1. The van der Waals surface area contributed by atoms with Crippen LogP contribution in [0.15, 0.2) is 53.7 Å². The van der Waals surface area contributed by atoms with Crippen molar-refractivity contribution in [1.29, 1.82) is 5.26 Å². The van der Waals surface area contributed by atoms with E-state index in [4.69, 9.17) is 18.9 Å². The Balaban J connectivity index is 1.98. The molecule has 34 heavy (non-hydrogen) atoms. The first-order chi connectivity index (χ1) is 16.4. The highest BCUT2D eigenvalue weighted by Crippen LogP contribution is 2.39. The van der Waals surface area contributed by atoms with Gasteiger partial charge in [-0.2, -0.15) is 15.2 Å². The number of carbonyl (C=O) groups excluding carboxylic acids is 1. The minimum Gasteiger partial charge on any atom is -0.463 e. The Morgan fingerprint density at radius 1 is 1.09 bits per heavy atom. The van der Waals surface area contributed by atoms with Crippen molar-refractivity contribution in [1.82, 2.24) is 9.97 Å². The summed E-state index contributed by atoms with van der Waals surface area (Å²) in [5.74, 6) is -0.728. The van der Waals surface area contributed by atoms with Crippen molar-refractivity contribution in [2.75, 3.05) is 19.5 Å². The first kappa shape index (κ1) is 24.3. The Labute approximate surface area is 198 Å². The lowest BCUT2D eigenvalue weighted by atomic mass is 10.2. The van der Waals surface area contributed by atoms with E-state index in [-0.39, 0.29) is 28.8 Å². The fourth-order valence-corrected chi connectivity index (χ4v) is 2.98. The second-order valence-electron chi connectivity index (χ2n) is 6.34. The predicted molar refractivity (Wildman–Crippen MR) is 120 cm³/mol. The highest BCUT2D eigenvalue weighted by Gasteiger charge is 2.29. The van der Waals surface area contributed by atoms with Gasteiger partial charge >= 0.3 is 23.4 Å². The lowest BCUT2D eigenvalue weighted by molar-refractivity contribution is -0.387. The molecule has 0 N–H and O–H groups in total. The van der Waals surface area contributed by atoms with E-state index in [1.165, 1.54) is 18.2 Å². The molecule has 0 unspecified atom stereocenters. The molecule has 3 rings (SSSR count). The number of carbonyl (C=O) groups is 1. The average molecular weight is 482 g/mol. The highest BCUT2D eigenvalue weighted by atomic mass is 32.2. The van der Waals surface area contributed by atoms with Crippen LogP contribution in [0.3, 0.4) is 0 Å². The molecule has 1 heterocycles. The maximum absolute atomic E-state index is 11.8. The maximum Gasteiger partial charge on any atom is 0.392 e. The predicted octanol–water partition coefficient (Wildman–Crippen LogP) is 4.50. The van der Waals surface area contributed by atoms with E-state index in [2.05, 4.69) is 9.97 Å². The first-order valence-corrected chi connectivity index (χ1v) is 11.0. The largest absolute Gasteiger partial charge is 0.463 e. The molecule has 0 bridgehead atoms. The van der Waals surface area contributed by atoms with Gasteiger partial charge in [-0.1, -0.05) is 30.0 Å². The van der Waals surface area contributed by atoms with Crippen LogP contribution in [-0.4, -0.2) is 40.3 Å². The van der Waals surface area contributed by atoms with Gasteiger partial charge in [0.15, 0.2) is 11.8 Å². The fourth-order valence-electron chi connectivity index (χ4n) is 2.64. The lowest BCUT2D eigenvalue weighted by Crippen LogP contribution is -2.16. The van der Waals surface area contributed by atoms with Crippen LogP contribution in [0.1, 0.15) is 12.5 Å². The molecule has 0 atom stereocenters. The van der Waals surface area contributed by atoms with Crippen LogP contribution in [0, 0.1) is 21.4 Å². The molecule has 0 spiro atoms. The fraction of sp³-hybridized carbons (Fsp3) is 0.182. The van der Waals surface area contributed by atoms with Gasteiger partial charge in [-0.05, 0) is 37.4 Å². The standard InChI is InChI=1S/C22H18N4O7S/c1-3-30-18(27)13-31-20-19(26(28)29)21(25-22(24-20)34-2)33-17-10-14(12-23)9-16(11-17)32-15-7-5-4-6-8-15/h4-11H,3,13H2,1-2H3. The van der Waals surface area contributed by atoms with Crippen LogP contribution < -0.4 is 14.2 Å². The third kappa shape index (κ3) is 6.33. The number of hydrogen-bond acceptors (Lipinski definition) is 11. The molecule has 12 heteroatoms. The van der Waals surface area contributed by atoms with Crippen molar-refractivity contribution in [3.8, 4) is 35.1 Å². The number of nitro groups is 1. The lowest BCUT2D eigenvalue weighted by Gasteiger charge is -2.12. The summed E-state index contributed by atoms with van der Waals surface area (Å²) in [5, 5.41) is 21.3. The molecule has 174 valence electrons. The van der Waals surface area contributed by atoms with Crippen molar-refractivity contribution >= 4 is 23.4 Å². The number of thioether (sulfide) groups is 1. The molecule has 11 nitrogen and oxygen atoms in total. The number of aromatic nitrogens is 2. The summed E-state index contributed by atoms with van der Waals surface area (Å²) in [6.07, 6.45) is 1.65. The molecule has 0 fully saturated rings. The molecular weight excluding hydrogens is 464 g/mol. The summed E-state index contributed by atoms with van der Waals surface area (Å²) in [5.41, 5.74) is -0.487. The maximum atomic E-state index is 11.8. The van der Waals surface area contributed by atoms with Gasteiger partial charge in [-0.15, -0.1) is 0 Å². The first-order valence-electron chi connectivity index (χ1n) is 9.78. The molecular formula is C22H18N4O7S. The third-order valence-electron chi connectivity index (χ3n) is 4.00. The molecule has 3 aromatic rings. The number of esters is 1. The van der Waals surface area contributed by atoms with E-state index >= 15 is 0 Å². The molecule has 0 radical (unpaired) electrons. The van der Waals surface area contributed by atoms with Crippen LogP contribution >= 0.6 is 11.8 Å². The van der Waals surface area contributed by atoms with E-state index in [9.17, 15) is 20.2 Å². The number of ether oxygens (including phenoxy) is 4. The van der Waals surface area contributed by atoms with Crippen molar-refractivity contribution in [2.24, 2.45) is 0 Å². The zero-order valence-corrected chi connectivity index (χ0v) is 18.9. The summed E-state index contributed by atoms with van der Waals surface area (Å²) < 4.78 is 21.5. The Morgan fingerprint density at radius 2 is 1.76 bits per heavy atom. The van der Waals surface area contributed by atoms with E-state index in [0.29, 0.717) is 5.75 Å². The molecule has 2 aromatic carbocycles. The smallest absolute Gasteiger partial charge is 0.392 e. The van der Waals surface area contributed by atoms with Gasteiger partial charge in [0, 0.05) is 6.07 Å². The molecule has 0 saturated heterocycles. The van der Waals surface area contributed by atoms with Gasteiger partial charge in [0.25, 0.3) is 0 Å². The zero-order valence-electron chi connectivity index (χ0n) is 18.1. The summed E-state index contributed by atoms with van der Waals surface area (Å²) >= 11 is 1.09. The van der Waals surface area contributed by atoms with Crippen LogP contribution in [0.25, 0.3) is 0 Å². The van der Waals surface area contributed by atoms with E-state index in [0.717, 1.165) is 11.8 Å². The highest BCUT2D eigenvalue weighted by molar-refractivity contribution is 7.98. The Bertz CT molecular complexity index is 1230. The molecule has 0 amide bonds. The van der Waals surface area contributed by atoms with E-state index < -0.39 is 34.9 Å². The molecule has 1 aromatic heterocycles. The van der Waals surface area contributed by atoms with Crippen LogP contribution in [0.5, 0.6) is 29.0 Å². The second kappa shape index (κ2) is 11.5. The number of para-hydroxylation sites is 1. The Hall–Kier alpha value is -4.37. The van der Waals surface area contributed by atoms with Crippen LogP contribution in [0.2, 0.25) is 0 Å². The van der Waals surface area contributed by atoms with Crippen molar-refractivity contribution in [3.05, 3.63) is 64.2 Å². The minimum absolute atomic E-state index is 0.0650. The van der Waals surface area contributed by atoms with E-state index in [1.807, 2.05) is 12.1 Å². The zero-order chi connectivity index (χ0) is 24.5. The monoisotopic (exact) mass is 482 g/mol. The summed E-state index contributed by atoms with van der Waals surface area (Å²) in [6, 6.07) is 15.2. The van der Waals surface area contributed by atoms with Gasteiger partial charge in [-0.3, -0.25) is 10.1 Å². The third-order valence-corrected chi connectivity index (χ3v) is 4.55. The van der Waals surface area contributed by atoms with Gasteiger partial charge < -0.3 is 18.9 Å². The molecule has 0 saturated carbocycles. The Kier molecular flexibility index (Phi) is 8.20. The van der Waals surface area contributed by atoms with Crippen LogP contribution in [0.4, 0.5) is 5.69 Å². The number of nitrogens with zero attached hydrogens (tertiary/aromatic N) is 4. The Morgan fingerprint density at radius 3 is 2.38 bits per heavy atom. The molecule has 0 aliphatic rings. The van der Waals surface area contributed by atoms with Gasteiger partial charge in [-0.25, -0.2) is 4.79 Å². The minimum atomic E-state index is -0.782. The average Bonchev–Trinajstić information content (AvgIpc) is 2.82. The summed E-state index contributed by atoms with van der Waals surface area (Å²) in [4.78, 5) is 30.7. The number of benzene rings is 2. The second-order valence-corrected chi connectivity index (χ2v) is 7.12. The number of nitriles is 1. The van der Waals surface area contributed by atoms with Crippen molar-refractivity contribution < 1.29 is 28.7 Å². The SMILES string of the molecule is CCOC(=O)COc1nc(SC)nc(Oc2cc(C#N)cc(Oc3ccccc3)c2)c1[N+](=O)[O-]. The van der Waals surface area contributed by atoms with Gasteiger partial charge in [0.1, 0.15) is 17.2 Å². The number of hydrogen-bond donors (Lipinski definition) is 0. The molecule has 0 aliphatic carbocycles. The van der Waals surface area contributed by atoms with Crippen LogP contribution in [-0.2, 0) is 9.53 Å². The van der Waals surface area contributed by atoms with Gasteiger partial charge in [0.2, 0.25) is 0 Å². The van der Waals surface area contributed by atoms with Gasteiger partial charge in [0.05, 0.1) is 23.2 Å². The quantitative estimate of drug-likeness (QED) is 0.132. The molecule has 0 aliphatic heterocycles. The number of rotatable bonds is 10. The van der Waals surface area contributed by atoms with Crippen molar-refractivity contribution in [2.45, 2.75) is 12.1 Å². The van der Waals surface area contributed by atoms with E-state index in [1.54, 1.807) is 37.4 Å². The van der Waals surface area contributed by atoms with Crippen molar-refractivity contribution in [3.63, 3.8) is 0 Å². The summed E-state index contributed by atoms with van der Waals surface area (Å²) in [7, 11) is 0. The topological polar surface area (TPSA) is 147 Å². The summed E-state index contributed by atoms with van der Waals surface area (Å²) in [6.45, 7) is 1.16.